The minimum Gasteiger partial charge on any atom is -0.493 e. The number of ether oxygens (including phenoxy) is 1. The first-order chi connectivity index (χ1) is 14.3. The molecule has 1 heterocycles. The number of aromatic nitrogens is 1. The van der Waals surface area contributed by atoms with Gasteiger partial charge < -0.3 is 14.6 Å². The predicted octanol–water partition coefficient (Wildman–Crippen LogP) is 6.21. The predicted molar refractivity (Wildman–Crippen MR) is 108 cm³/mol. The number of hydrogen-bond acceptors (Lipinski definition) is 5. The number of nitrogens with zero attached hydrogens (tertiary/aromatic N) is 2. The van der Waals surface area contributed by atoms with Gasteiger partial charge in [0.15, 0.2) is 11.3 Å². The van der Waals surface area contributed by atoms with Crippen LogP contribution in [0.5, 0.6) is 5.75 Å². The molecule has 0 saturated heterocycles. The second-order valence-corrected chi connectivity index (χ2v) is 7.04. The van der Waals surface area contributed by atoms with E-state index < -0.39 is 11.9 Å². The molecule has 30 heavy (non-hydrogen) atoms. The third-order valence-corrected chi connectivity index (χ3v) is 4.78. The third kappa shape index (κ3) is 4.79. The summed E-state index contributed by atoms with van der Waals surface area (Å²) in [4.78, 5) is 0. The number of alkyl halides is 3. The largest absolute Gasteiger partial charge is 0.493 e. The standard InChI is InChI=1S/C21H19ClF3N3O2/c1-2-4-15-18(8-7-16-19(15)30-28-20(16)21(23,24)25)29-10-3-9-27-14-6-5-13(12-26)17(22)11-14/h5-8,11,27H,2-4,9-10H2,1H3. The monoisotopic (exact) mass is 437 g/mol. The molecule has 3 aromatic rings. The lowest BCUT2D eigenvalue weighted by Crippen LogP contribution is -2.08. The maximum absolute atomic E-state index is 13.1. The van der Waals surface area contributed by atoms with Crippen molar-refractivity contribution < 1.29 is 22.4 Å². The highest BCUT2D eigenvalue weighted by molar-refractivity contribution is 6.32. The molecule has 0 bridgehead atoms. The van der Waals surface area contributed by atoms with E-state index >= 15 is 0 Å². The van der Waals surface area contributed by atoms with Crippen LogP contribution in [-0.2, 0) is 12.6 Å². The van der Waals surface area contributed by atoms with Crippen LogP contribution in [0.3, 0.4) is 0 Å². The highest BCUT2D eigenvalue weighted by Gasteiger charge is 2.37. The van der Waals surface area contributed by atoms with Gasteiger partial charge in [-0.2, -0.15) is 18.4 Å². The number of halogens is 4. The molecule has 158 valence electrons. The summed E-state index contributed by atoms with van der Waals surface area (Å²) in [7, 11) is 0. The number of hydrogen-bond donors (Lipinski definition) is 1. The minimum atomic E-state index is -4.57. The van der Waals surface area contributed by atoms with Crippen molar-refractivity contribution in [2.24, 2.45) is 0 Å². The van der Waals surface area contributed by atoms with Crippen LogP contribution >= 0.6 is 11.6 Å². The van der Waals surface area contributed by atoms with Crippen molar-refractivity contribution in [3.05, 3.63) is 52.2 Å². The van der Waals surface area contributed by atoms with Crippen molar-refractivity contribution in [2.75, 3.05) is 18.5 Å². The van der Waals surface area contributed by atoms with E-state index in [1.165, 1.54) is 12.1 Å². The van der Waals surface area contributed by atoms with Crippen molar-refractivity contribution in [3.63, 3.8) is 0 Å². The van der Waals surface area contributed by atoms with E-state index in [1.54, 1.807) is 18.2 Å². The average molecular weight is 438 g/mol. The van der Waals surface area contributed by atoms with Gasteiger partial charge in [0.2, 0.25) is 0 Å². The van der Waals surface area contributed by atoms with E-state index in [9.17, 15) is 13.2 Å². The SMILES string of the molecule is CCCc1c(OCCCNc2ccc(C#N)c(Cl)c2)ccc2c(C(F)(F)F)noc12. The van der Waals surface area contributed by atoms with Crippen LogP contribution in [0.1, 0.15) is 36.6 Å². The fourth-order valence-electron chi connectivity index (χ4n) is 3.07. The summed E-state index contributed by atoms with van der Waals surface area (Å²) in [5.74, 6) is 0.496. The zero-order chi connectivity index (χ0) is 21.7. The van der Waals surface area contributed by atoms with Crippen LogP contribution in [-0.4, -0.2) is 18.3 Å². The Morgan fingerprint density at radius 1 is 1.27 bits per heavy atom. The smallest absolute Gasteiger partial charge is 0.437 e. The number of rotatable bonds is 8. The highest BCUT2D eigenvalue weighted by atomic mass is 35.5. The summed E-state index contributed by atoms with van der Waals surface area (Å²) in [6.07, 6.45) is -2.69. The fourth-order valence-corrected chi connectivity index (χ4v) is 3.29. The number of anilines is 1. The Balaban J connectivity index is 1.64. The van der Waals surface area contributed by atoms with Crippen LogP contribution < -0.4 is 10.1 Å². The Morgan fingerprint density at radius 2 is 2.07 bits per heavy atom. The molecule has 0 amide bonds. The zero-order valence-electron chi connectivity index (χ0n) is 16.1. The summed E-state index contributed by atoms with van der Waals surface area (Å²) in [6, 6.07) is 9.95. The van der Waals surface area contributed by atoms with Crippen molar-refractivity contribution in [3.8, 4) is 11.8 Å². The van der Waals surface area contributed by atoms with Crippen LogP contribution in [0, 0.1) is 11.3 Å². The molecular weight excluding hydrogens is 419 g/mol. The summed E-state index contributed by atoms with van der Waals surface area (Å²) in [5, 5.41) is 15.6. The number of nitriles is 1. The van der Waals surface area contributed by atoms with E-state index in [0.29, 0.717) is 47.9 Å². The maximum atomic E-state index is 13.1. The lowest BCUT2D eigenvalue weighted by atomic mass is 10.0. The fraction of sp³-hybridized carbons (Fsp3) is 0.333. The van der Waals surface area contributed by atoms with Gasteiger partial charge in [0.25, 0.3) is 0 Å². The molecule has 0 saturated carbocycles. The molecule has 0 aliphatic carbocycles. The molecule has 0 aliphatic rings. The average Bonchev–Trinajstić information content (AvgIpc) is 3.14. The first-order valence-corrected chi connectivity index (χ1v) is 9.77. The molecule has 0 aliphatic heterocycles. The molecule has 0 fully saturated rings. The Labute approximate surface area is 176 Å². The van der Waals surface area contributed by atoms with Crippen molar-refractivity contribution >= 4 is 28.3 Å². The van der Waals surface area contributed by atoms with E-state index in [0.717, 1.165) is 12.1 Å². The number of benzene rings is 2. The lowest BCUT2D eigenvalue weighted by molar-refractivity contribution is -0.141. The first-order valence-electron chi connectivity index (χ1n) is 9.40. The molecule has 5 nitrogen and oxygen atoms in total. The van der Waals surface area contributed by atoms with E-state index in [1.807, 2.05) is 13.0 Å². The van der Waals surface area contributed by atoms with Gasteiger partial charge in [0, 0.05) is 17.8 Å². The molecule has 0 spiro atoms. The molecule has 3 rings (SSSR count). The summed E-state index contributed by atoms with van der Waals surface area (Å²) >= 11 is 6.00. The van der Waals surface area contributed by atoms with Gasteiger partial charge in [-0.25, -0.2) is 0 Å². The molecular formula is C21H19ClF3N3O2. The van der Waals surface area contributed by atoms with Crippen LogP contribution in [0.25, 0.3) is 11.0 Å². The summed E-state index contributed by atoms with van der Waals surface area (Å²) in [6.45, 7) is 2.88. The zero-order valence-corrected chi connectivity index (χ0v) is 16.9. The summed E-state index contributed by atoms with van der Waals surface area (Å²) < 4.78 is 50.1. The molecule has 1 aromatic heterocycles. The Bertz CT molecular complexity index is 1070. The normalized spacial score (nSPS) is 11.5. The van der Waals surface area contributed by atoms with Crippen LogP contribution in [0.15, 0.2) is 34.9 Å². The minimum absolute atomic E-state index is 0.0577. The molecule has 9 heteroatoms. The molecule has 0 unspecified atom stereocenters. The van der Waals surface area contributed by atoms with E-state index in [-0.39, 0.29) is 11.0 Å². The number of fused-ring (bicyclic) bond motifs is 1. The Kier molecular flexibility index (Phi) is 6.73. The lowest BCUT2D eigenvalue weighted by Gasteiger charge is -2.12. The molecule has 1 N–H and O–H groups in total. The van der Waals surface area contributed by atoms with Gasteiger partial charge in [-0.15, -0.1) is 0 Å². The van der Waals surface area contributed by atoms with Gasteiger partial charge in [-0.1, -0.05) is 30.1 Å². The maximum Gasteiger partial charge on any atom is 0.437 e. The molecule has 0 radical (unpaired) electrons. The third-order valence-electron chi connectivity index (χ3n) is 4.47. The second-order valence-electron chi connectivity index (χ2n) is 6.63. The van der Waals surface area contributed by atoms with Crippen LogP contribution in [0.2, 0.25) is 5.02 Å². The van der Waals surface area contributed by atoms with Crippen molar-refractivity contribution in [2.45, 2.75) is 32.4 Å². The number of aryl methyl sites for hydroxylation is 1. The Morgan fingerprint density at radius 3 is 2.73 bits per heavy atom. The topological polar surface area (TPSA) is 71.1 Å². The van der Waals surface area contributed by atoms with E-state index in [2.05, 4.69) is 10.5 Å². The first kappa shape index (κ1) is 21.8. The van der Waals surface area contributed by atoms with E-state index in [4.69, 9.17) is 26.1 Å². The van der Waals surface area contributed by atoms with Gasteiger partial charge >= 0.3 is 6.18 Å². The van der Waals surface area contributed by atoms with Crippen molar-refractivity contribution in [1.82, 2.24) is 5.16 Å². The van der Waals surface area contributed by atoms with Gasteiger partial charge in [0.1, 0.15) is 11.8 Å². The quantitative estimate of drug-likeness (QED) is 0.424. The number of nitrogens with one attached hydrogen (secondary N) is 1. The van der Waals surface area contributed by atoms with Crippen molar-refractivity contribution in [1.29, 1.82) is 5.26 Å². The van der Waals surface area contributed by atoms with Gasteiger partial charge in [-0.3, -0.25) is 0 Å². The molecule has 2 aromatic carbocycles. The Hall–Kier alpha value is -2.92. The molecule has 0 atom stereocenters. The van der Waals surface area contributed by atoms with Gasteiger partial charge in [-0.05, 0) is 43.2 Å². The summed E-state index contributed by atoms with van der Waals surface area (Å²) in [5.41, 5.74) is 0.877. The highest BCUT2D eigenvalue weighted by Crippen LogP contribution is 2.38. The van der Waals surface area contributed by atoms with Crippen LogP contribution in [0.4, 0.5) is 18.9 Å². The second kappa shape index (κ2) is 9.26. The van der Waals surface area contributed by atoms with Gasteiger partial charge in [0.05, 0.1) is 22.6 Å².